The highest BCUT2D eigenvalue weighted by Gasteiger charge is 2.35. The van der Waals surface area contributed by atoms with E-state index in [1.165, 1.54) is 0 Å². The van der Waals surface area contributed by atoms with Gasteiger partial charge in [-0.15, -0.1) is 0 Å². The molecule has 1 aromatic heterocycles. The Morgan fingerprint density at radius 2 is 2.05 bits per heavy atom. The van der Waals surface area contributed by atoms with Crippen molar-refractivity contribution in [3.05, 3.63) is 35.0 Å². The fourth-order valence-electron chi connectivity index (χ4n) is 2.42. The van der Waals surface area contributed by atoms with E-state index in [-0.39, 0.29) is 17.9 Å². The standard InChI is InChI=1S/C14H13ClN2O3/c15-9-2-1-7-5-12(17-11(7)6-9)13(18)16-10-3-8(4-10)14(19)20/h1-2,5-6,8,10,17H,3-4H2,(H,16,18)(H,19,20). The number of hydrogen-bond acceptors (Lipinski definition) is 2. The van der Waals surface area contributed by atoms with Gasteiger partial charge in [-0.1, -0.05) is 17.7 Å². The van der Waals surface area contributed by atoms with E-state index in [0.29, 0.717) is 23.6 Å². The number of carboxylic acid groups (broad SMARTS) is 1. The van der Waals surface area contributed by atoms with Crippen LogP contribution in [-0.4, -0.2) is 28.0 Å². The monoisotopic (exact) mass is 292 g/mol. The summed E-state index contributed by atoms with van der Waals surface area (Å²) in [6.07, 6.45) is 0.986. The van der Waals surface area contributed by atoms with Gasteiger partial charge in [-0.05, 0) is 31.0 Å². The molecule has 1 saturated carbocycles. The van der Waals surface area contributed by atoms with Crippen LogP contribution in [0.4, 0.5) is 0 Å². The molecule has 1 fully saturated rings. The number of aromatic amines is 1. The number of amides is 1. The summed E-state index contributed by atoms with van der Waals surface area (Å²) in [5, 5.41) is 13.1. The summed E-state index contributed by atoms with van der Waals surface area (Å²) >= 11 is 5.89. The van der Waals surface area contributed by atoms with Crippen LogP contribution in [0.1, 0.15) is 23.3 Å². The zero-order valence-corrected chi connectivity index (χ0v) is 11.3. The van der Waals surface area contributed by atoms with Gasteiger partial charge in [-0.2, -0.15) is 0 Å². The first-order valence-corrected chi connectivity index (χ1v) is 6.72. The first kappa shape index (κ1) is 13.0. The van der Waals surface area contributed by atoms with Gasteiger partial charge in [0.1, 0.15) is 5.69 Å². The fourth-order valence-corrected chi connectivity index (χ4v) is 2.59. The van der Waals surface area contributed by atoms with Gasteiger partial charge in [-0.3, -0.25) is 9.59 Å². The molecule has 3 N–H and O–H groups in total. The minimum Gasteiger partial charge on any atom is -0.481 e. The van der Waals surface area contributed by atoms with Crippen molar-refractivity contribution in [1.82, 2.24) is 10.3 Å². The third-order valence-electron chi connectivity index (χ3n) is 3.65. The summed E-state index contributed by atoms with van der Waals surface area (Å²) < 4.78 is 0. The van der Waals surface area contributed by atoms with E-state index in [0.717, 1.165) is 10.9 Å². The SMILES string of the molecule is O=C(NC1CC(C(=O)O)C1)c1cc2ccc(Cl)cc2[nH]1. The minimum absolute atomic E-state index is 0.0569. The molecule has 0 radical (unpaired) electrons. The quantitative estimate of drug-likeness (QED) is 0.812. The topological polar surface area (TPSA) is 82.2 Å². The molecule has 0 atom stereocenters. The second-order valence-corrected chi connectivity index (χ2v) is 5.53. The number of hydrogen-bond donors (Lipinski definition) is 3. The van der Waals surface area contributed by atoms with Crippen LogP contribution in [-0.2, 0) is 4.79 Å². The lowest BCUT2D eigenvalue weighted by Gasteiger charge is -2.32. The first-order chi connectivity index (χ1) is 9.52. The largest absolute Gasteiger partial charge is 0.481 e. The molecule has 3 rings (SSSR count). The average molecular weight is 293 g/mol. The molecule has 0 saturated heterocycles. The zero-order chi connectivity index (χ0) is 14.3. The number of benzene rings is 1. The van der Waals surface area contributed by atoms with Crippen LogP contribution in [0.15, 0.2) is 24.3 Å². The Hall–Kier alpha value is -2.01. The van der Waals surface area contributed by atoms with E-state index in [4.69, 9.17) is 16.7 Å². The summed E-state index contributed by atoms with van der Waals surface area (Å²) in [6.45, 7) is 0. The summed E-state index contributed by atoms with van der Waals surface area (Å²) in [7, 11) is 0. The fraction of sp³-hybridized carbons (Fsp3) is 0.286. The predicted octanol–water partition coefficient (Wildman–Crippen LogP) is 2.41. The molecule has 0 bridgehead atoms. The smallest absolute Gasteiger partial charge is 0.306 e. The third-order valence-corrected chi connectivity index (χ3v) is 3.89. The van der Waals surface area contributed by atoms with Crippen molar-refractivity contribution >= 4 is 34.4 Å². The molecule has 0 aliphatic heterocycles. The summed E-state index contributed by atoms with van der Waals surface area (Å²) in [5.41, 5.74) is 1.26. The van der Waals surface area contributed by atoms with Crippen molar-refractivity contribution < 1.29 is 14.7 Å². The van der Waals surface area contributed by atoms with Crippen molar-refractivity contribution in [1.29, 1.82) is 0 Å². The molecular formula is C14H13ClN2O3. The molecule has 0 spiro atoms. The van der Waals surface area contributed by atoms with E-state index >= 15 is 0 Å². The van der Waals surface area contributed by atoms with E-state index in [1.807, 2.05) is 6.07 Å². The highest BCUT2D eigenvalue weighted by Crippen LogP contribution is 2.28. The van der Waals surface area contributed by atoms with Crippen LogP contribution in [0.3, 0.4) is 0 Å². The highest BCUT2D eigenvalue weighted by atomic mass is 35.5. The lowest BCUT2D eigenvalue weighted by Crippen LogP contribution is -2.46. The van der Waals surface area contributed by atoms with Gasteiger partial charge in [0.25, 0.3) is 5.91 Å². The average Bonchev–Trinajstić information content (AvgIpc) is 2.75. The van der Waals surface area contributed by atoms with Crippen LogP contribution in [0.5, 0.6) is 0 Å². The molecule has 0 unspecified atom stereocenters. The van der Waals surface area contributed by atoms with Crippen LogP contribution >= 0.6 is 11.6 Å². The highest BCUT2D eigenvalue weighted by molar-refractivity contribution is 6.31. The minimum atomic E-state index is -0.796. The van der Waals surface area contributed by atoms with E-state index in [9.17, 15) is 9.59 Å². The van der Waals surface area contributed by atoms with Gasteiger partial charge in [-0.25, -0.2) is 0 Å². The number of halogens is 1. The lowest BCUT2D eigenvalue weighted by atomic mass is 9.80. The Bertz CT molecular complexity index is 689. The number of aromatic nitrogens is 1. The summed E-state index contributed by atoms with van der Waals surface area (Å²) in [5.74, 6) is -1.34. The van der Waals surface area contributed by atoms with E-state index < -0.39 is 5.97 Å². The number of carboxylic acids is 1. The number of carbonyl (C=O) groups is 2. The molecule has 1 heterocycles. The maximum Gasteiger partial charge on any atom is 0.306 e. The Morgan fingerprint density at radius 1 is 1.30 bits per heavy atom. The Morgan fingerprint density at radius 3 is 2.75 bits per heavy atom. The Kier molecular flexibility index (Phi) is 3.14. The van der Waals surface area contributed by atoms with Gasteiger partial charge in [0.15, 0.2) is 0 Å². The molecule has 20 heavy (non-hydrogen) atoms. The molecular weight excluding hydrogens is 280 g/mol. The molecule has 1 amide bonds. The predicted molar refractivity (Wildman–Crippen MR) is 74.9 cm³/mol. The zero-order valence-electron chi connectivity index (χ0n) is 10.5. The summed E-state index contributed by atoms with van der Waals surface area (Å²) in [4.78, 5) is 25.8. The van der Waals surface area contributed by atoms with Crippen LogP contribution in [0, 0.1) is 5.92 Å². The third kappa shape index (κ3) is 2.36. The maximum atomic E-state index is 12.1. The number of H-pyrrole nitrogens is 1. The Balaban J connectivity index is 1.69. The molecule has 1 aromatic carbocycles. The second kappa shape index (κ2) is 4.83. The second-order valence-electron chi connectivity index (χ2n) is 5.09. The van der Waals surface area contributed by atoms with Crippen molar-refractivity contribution in [2.45, 2.75) is 18.9 Å². The van der Waals surface area contributed by atoms with Gasteiger partial charge < -0.3 is 15.4 Å². The molecule has 5 nitrogen and oxygen atoms in total. The van der Waals surface area contributed by atoms with Crippen LogP contribution in [0.2, 0.25) is 5.02 Å². The first-order valence-electron chi connectivity index (χ1n) is 6.35. The van der Waals surface area contributed by atoms with Crippen LogP contribution < -0.4 is 5.32 Å². The van der Waals surface area contributed by atoms with E-state index in [2.05, 4.69) is 10.3 Å². The molecule has 2 aromatic rings. The van der Waals surface area contributed by atoms with Crippen LogP contribution in [0.25, 0.3) is 10.9 Å². The van der Waals surface area contributed by atoms with Gasteiger partial charge in [0.05, 0.1) is 5.92 Å². The van der Waals surface area contributed by atoms with Crippen molar-refractivity contribution in [2.75, 3.05) is 0 Å². The lowest BCUT2D eigenvalue weighted by molar-refractivity contribution is -0.145. The number of fused-ring (bicyclic) bond motifs is 1. The Labute approximate surface area is 119 Å². The van der Waals surface area contributed by atoms with Gasteiger partial charge in [0.2, 0.25) is 0 Å². The van der Waals surface area contributed by atoms with Crippen molar-refractivity contribution in [2.24, 2.45) is 5.92 Å². The number of nitrogens with one attached hydrogen (secondary N) is 2. The number of aliphatic carboxylic acids is 1. The molecule has 1 aliphatic rings. The number of rotatable bonds is 3. The van der Waals surface area contributed by atoms with Crippen molar-refractivity contribution in [3.8, 4) is 0 Å². The van der Waals surface area contributed by atoms with Gasteiger partial charge in [0, 0.05) is 22.0 Å². The van der Waals surface area contributed by atoms with E-state index in [1.54, 1.807) is 18.2 Å². The molecule has 1 aliphatic carbocycles. The number of carbonyl (C=O) groups excluding carboxylic acids is 1. The molecule has 6 heteroatoms. The normalized spacial score (nSPS) is 21.4. The molecule has 104 valence electrons. The van der Waals surface area contributed by atoms with Gasteiger partial charge >= 0.3 is 5.97 Å². The van der Waals surface area contributed by atoms with Crippen molar-refractivity contribution in [3.63, 3.8) is 0 Å². The maximum absolute atomic E-state index is 12.1. The summed E-state index contributed by atoms with van der Waals surface area (Å²) in [6, 6.07) is 7.07.